The number of rotatable bonds is 5. The van der Waals surface area contributed by atoms with Gasteiger partial charge in [0.15, 0.2) is 0 Å². The second kappa shape index (κ2) is 5.87. The van der Waals surface area contributed by atoms with Gasteiger partial charge in [0.05, 0.1) is 6.54 Å². The number of benzene rings is 1. The van der Waals surface area contributed by atoms with E-state index in [-0.39, 0.29) is 0 Å². The lowest BCUT2D eigenvalue weighted by Gasteiger charge is -2.01. The van der Waals surface area contributed by atoms with E-state index < -0.39 is 0 Å². The minimum Gasteiger partial charge on any atom is -0.459 e. The molecule has 0 bridgehead atoms. The van der Waals surface area contributed by atoms with Gasteiger partial charge in [0, 0.05) is 14.5 Å². The van der Waals surface area contributed by atoms with Gasteiger partial charge in [-0.2, -0.15) is 0 Å². The minimum absolute atomic E-state index is 0.836. The van der Waals surface area contributed by atoms with E-state index >= 15 is 0 Å². The van der Waals surface area contributed by atoms with Gasteiger partial charge in [-0.15, -0.1) is 0 Å². The van der Waals surface area contributed by atoms with Gasteiger partial charge in [-0.25, -0.2) is 0 Å². The van der Waals surface area contributed by atoms with Gasteiger partial charge >= 0.3 is 0 Å². The van der Waals surface area contributed by atoms with Crippen molar-refractivity contribution < 1.29 is 4.42 Å². The molecule has 0 aliphatic carbocycles. The zero-order chi connectivity index (χ0) is 12.3. The summed E-state index contributed by atoms with van der Waals surface area (Å²) in [5, 5.41) is 4.68. The summed E-state index contributed by atoms with van der Waals surface area (Å²) in [5.41, 5.74) is 2.36. The van der Waals surface area contributed by atoms with Crippen molar-refractivity contribution in [3.63, 3.8) is 0 Å². The van der Waals surface area contributed by atoms with E-state index in [2.05, 4.69) is 60.0 Å². The van der Waals surface area contributed by atoms with Gasteiger partial charge in [0.2, 0.25) is 0 Å². The highest BCUT2D eigenvalue weighted by atomic mass is 127. The molecule has 1 aromatic carbocycles. The molecule has 92 valence electrons. The molecule has 0 amide bonds. The first-order chi connectivity index (χ1) is 8.26. The fourth-order valence-corrected chi connectivity index (χ4v) is 2.57. The Bertz CT molecular complexity index is 504. The number of halogens is 1. The Labute approximate surface area is 116 Å². The largest absolute Gasteiger partial charge is 0.459 e. The monoisotopic (exact) mass is 343 g/mol. The van der Waals surface area contributed by atoms with E-state index in [1.165, 1.54) is 14.5 Å². The van der Waals surface area contributed by atoms with Crippen LogP contribution < -0.4 is 5.32 Å². The first-order valence-electron chi connectivity index (χ1n) is 6.16. The lowest BCUT2D eigenvalue weighted by Crippen LogP contribution is -2.14. The van der Waals surface area contributed by atoms with E-state index in [1.807, 2.05) is 0 Å². The van der Waals surface area contributed by atoms with Crippen molar-refractivity contribution in [3.05, 3.63) is 33.1 Å². The summed E-state index contributed by atoms with van der Waals surface area (Å²) < 4.78 is 7.19. The highest BCUT2D eigenvalue weighted by Gasteiger charge is 2.12. The molecule has 2 aromatic rings. The molecule has 0 aliphatic rings. The van der Waals surface area contributed by atoms with Crippen molar-refractivity contribution in [2.75, 3.05) is 6.54 Å². The summed E-state index contributed by atoms with van der Waals surface area (Å²) in [5.74, 6) is 1.10. The first kappa shape index (κ1) is 12.9. The normalized spacial score (nSPS) is 11.2. The molecule has 2 nitrogen and oxygen atoms in total. The maximum absolute atomic E-state index is 5.93. The van der Waals surface area contributed by atoms with Crippen molar-refractivity contribution in [2.24, 2.45) is 0 Å². The van der Waals surface area contributed by atoms with Crippen LogP contribution in [0.5, 0.6) is 0 Å². The topological polar surface area (TPSA) is 25.2 Å². The van der Waals surface area contributed by atoms with Crippen molar-refractivity contribution >= 4 is 33.6 Å². The average Bonchev–Trinajstić information content (AvgIpc) is 2.66. The third kappa shape index (κ3) is 2.83. The summed E-state index contributed by atoms with van der Waals surface area (Å²) >= 11 is 2.35. The van der Waals surface area contributed by atoms with Crippen LogP contribution in [0.4, 0.5) is 0 Å². The predicted molar refractivity (Wildman–Crippen MR) is 80.3 cm³/mol. The van der Waals surface area contributed by atoms with Crippen LogP contribution in [0.3, 0.4) is 0 Å². The van der Waals surface area contributed by atoms with Crippen molar-refractivity contribution in [1.29, 1.82) is 0 Å². The summed E-state index contributed by atoms with van der Waals surface area (Å²) in [6, 6.07) is 6.37. The van der Waals surface area contributed by atoms with Gasteiger partial charge in [0.25, 0.3) is 0 Å². The summed E-state index contributed by atoms with van der Waals surface area (Å²) in [6.45, 7) is 6.24. The van der Waals surface area contributed by atoms with E-state index in [0.717, 1.165) is 37.3 Å². The molecule has 0 fully saturated rings. The Morgan fingerprint density at radius 1 is 1.29 bits per heavy atom. The third-order valence-corrected chi connectivity index (χ3v) is 3.57. The van der Waals surface area contributed by atoms with E-state index in [0.29, 0.717) is 0 Å². The van der Waals surface area contributed by atoms with Crippen LogP contribution >= 0.6 is 22.6 Å². The molecule has 17 heavy (non-hydrogen) atoms. The Hall–Kier alpha value is -0.550. The first-order valence-corrected chi connectivity index (χ1v) is 7.24. The lowest BCUT2D eigenvalue weighted by atomic mass is 10.1. The number of furan rings is 1. The van der Waals surface area contributed by atoms with Crippen LogP contribution in [0, 0.1) is 3.57 Å². The fourth-order valence-electron chi connectivity index (χ4n) is 2.08. The number of aryl methyl sites for hydroxylation is 1. The standard InChI is InChI=1S/C14H18INO/c1-3-7-16-9-14-11(4-2)12-8-10(15)5-6-13(12)17-14/h5-6,8,16H,3-4,7,9H2,1-2H3. The molecule has 2 rings (SSSR count). The fraction of sp³-hybridized carbons (Fsp3) is 0.429. The van der Waals surface area contributed by atoms with Gasteiger partial charge in [-0.3, -0.25) is 0 Å². The highest BCUT2D eigenvalue weighted by molar-refractivity contribution is 14.1. The van der Waals surface area contributed by atoms with Crippen LogP contribution in [0.25, 0.3) is 11.0 Å². The number of hydrogen-bond acceptors (Lipinski definition) is 2. The average molecular weight is 343 g/mol. The Morgan fingerprint density at radius 2 is 2.12 bits per heavy atom. The number of hydrogen-bond donors (Lipinski definition) is 1. The molecule has 0 radical (unpaired) electrons. The zero-order valence-electron chi connectivity index (χ0n) is 10.3. The second-order valence-electron chi connectivity index (χ2n) is 4.17. The summed E-state index contributed by atoms with van der Waals surface area (Å²) in [7, 11) is 0. The third-order valence-electron chi connectivity index (χ3n) is 2.90. The van der Waals surface area contributed by atoms with Gasteiger partial charge in [0.1, 0.15) is 11.3 Å². The van der Waals surface area contributed by atoms with Crippen LogP contribution in [0.1, 0.15) is 31.6 Å². The maximum atomic E-state index is 5.93. The molecule has 3 heteroatoms. The number of fused-ring (bicyclic) bond motifs is 1. The second-order valence-corrected chi connectivity index (χ2v) is 5.42. The summed E-state index contributed by atoms with van der Waals surface area (Å²) in [6.07, 6.45) is 2.18. The number of nitrogens with one attached hydrogen (secondary N) is 1. The lowest BCUT2D eigenvalue weighted by molar-refractivity contribution is 0.508. The van der Waals surface area contributed by atoms with Crippen LogP contribution in [-0.2, 0) is 13.0 Å². The smallest absolute Gasteiger partial charge is 0.134 e. The Morgan fingerprint density at radius 3 is 2.82 bits per heavy atom. The molecule has 1 N–H and O–H groups in total. The molecule has 1 aromatic heterocycles. The molecule has 0 saturated carbocycles. The van der Waals surface area contributed by atoms with Crippen molar-refractivity contribution in [3.8, 4) is 0 Å². The van der Waals surface area contributed by atoms with E-state index in [4.69, 9.17) is 4.42 Å². The molecular weight excluding hydrogens is 325 g/mol. The Balaban J connectivity index is 2.35. The maximum Gasteiger partial charge on any atom is 0.134 e. The van der Waals surface area contributed by atoms with Gasteiger partial charge in [-0.1, -0.05) is 13.8 Å². The molecule has 0 atom stereocenters. The quantitative estimate of drug-likeness (QED) is 0.653. The van der Waals surface area contributed by atoms with Gasteiger partial charge in [-0.05, 0) is 60.2 Å². The molecule has 0 unspecified atom stereocenters. The van der Waals surface area contributed by atoms with Crippen molar-refractivity contribution in [1.82, 2.24) is 5.32 Å². The summed E-state index contributed by atoms with van der Waals surface area (Å²) in [4.78, 5) is 0. The van der Waals surface area contributed by atoms with Crippen LogP contribution in [-0.4, -0.2) is 6.54 Å². The van der Waals surface area contributed by atoms with Crippen molar-refractivity contribution in [2.45, 2.75) is 33.2 Å². The predicted octanol–water partition coefficient (Wildman–Crippen LogP) is 4.10. The molecule has 0 spiro atoms. The SMILES string of the molecule is CCCNCc1oc2ccc(I)cc2c1CC. The zero-order valence-corrected chi connectivity index (χ0v) is 12.5. The van der Waals surface area contributed by atoms with Crippen LogP contribution in [0.15, 0.2) is 22.6 Å². The van der Waals surface area contributed by atoms with E-state index in [1.54, 1.807) is 0 Å². The van der Waals surface area contributed by atoms with E-state index in [9.17, 15) is 0 Å². The molecular formula is C14H18INO. The van der Waals surface area contributed by atoms with Gasteiger partial charge < -0.3 is 9.73 Å². The Kier molecular flexibility index (Phi) is 4.45. The minimum atomic E-state index is 0.836. The highest BCUT2D eigenvalue weighted by Crippen LogP contribution is 2.27. The van der Waals surface area contributed by atoms with Crippen LogP contribution in [0.2, 0.25) is 0 Å². The molecule has 0 aliphatic heterocycles. The molecule has 0 saturated heterocycles. The molecule has 1 heterocycles.